The minimum absolute atomic E-state index is 0.0855. The number of nitrogens with zero attached hydrogens (tertiary/aromatic N) is 1. The Kier molecular flexibility index (Phi) is 3.81. The normalized spacial score (nSPS) is 16.9. The molecule has 2 N–H and O–H groups in total. The number of hydrogen-bond acceptors (Lipinski definition) is 2. The first-order valence-electron chi connectivity index (χ1n) is 7.02. The number of para-hydroxylation sites is 1. The SMILES string of the molecule is CC(N)C(c1ccc(Br)cc1)N1CCc2ccccc21. The Morgan fingerprint density at radius 2 is 1.80 bits per heavy atom. The van der Waals surface area contributed by atoms with Crippen LogP contribution >= 0.6 is 15.9 Å². The molecule has 1 aliphatic heterocycles. The van der Waals surface area contributed by atoms with Crippen molar-refractivity contribution in [3.63, 3.8) is 0 Å². The largest absolute Gasteiger partial charge is 0.362 e. The second-order valence-corrected chi connectivity index (χ2v) is 6.34. The van der Waals surface area contributed by atoms with Gasteiger partial charge in [0.15, 0.2) is 0 Å². The fourth-order valence-corrected chi connectivity index (χ4v) is 3.34. The first kappa shape index (κ1) is 13.7. The molecule has 2 atom stereocenters. The molecule has 0 radical (unpaired) electrons. The van der Waals surface area contributed by atoms with Crippen LogP contribution in [0.1, 0.15) is 24.1 Å². The minimum Gasteiger partial charge on any atom is -0.362 e. The molecule has 0 amide bonds. The summed E-state index contributed by atoms with van der Waals surface area (Å²) in [5.74, 6) is 0. The van der Waals surface area contributed by atoms with Crippen molar-refractivity contribution in [2.75, 3.05) is 11.4 Å². The molecule has 1 heterocycles. The fourth-order valence-electron chi connectivity index (χ4n) is 3.08. The van der Waals surface area contributed by atoms with E-state index < -0.39 is 0 Å². The summed E-state index contributed by atoms with van der Waals surface area (Å²) in [6.45, 7) is 3.13. The fraction of sp³-hybridized carbons (Fsp3) is 0.294. The molecule has 1 aliphatic rings. The third-order valence-electron chi connectivity index (χ3n) is 3.97. The number of anilines is 1. The predicted octanol–water partition coefficient (Wildman–Crippen LogP) is 3.90. The van der Waals surface area contributed by atoms with Crippen LogP contribution in [0.25, 0.3) is 0 Å². The van der Waals surface area contributed by atoms with Crippen molar-refractivity contribution in [1.82, 2.24) is 0 Å². The van der Waals surface area contributed by atoms with Gasteiger partial charge in [0.25, 0.3) is 0 Å². The first-order valence-corrected chi connectivity index (χ1v) is 7.81. The van der Waals surface area contributed by atoms with Crippen LogP contribution < -0.4 is 10.6 Å². The molecular weight excluding hydrogens is 312 g/mol. The number of hydrogen-bond donors (Lipinski definition) is 1. The van der Waals surface area contributed by atoms with Crippen LogP contribution in [0, 0.1) is 0 Å². The van der Waals surface area contributed by atoms with E-state index in [0.717, 1.165) is 17.4 Å². The number of fused-ring (bicyclic) bond motifs is 1. The van der Waals surface area contributed by atoms with Crippen molar-refractivity contribution < 1.29 is 0 Å². The molecule has 2 aromatic rings. The van der Waals surface area contributed by atoms with E-state index in [-0.39, 0.29) is 12.1 Å². The van der Waals surface area contributed by atoms with Crippen LogP contribution in [-0.4, -0.2) is 12.6 Å². The first-order chi connectivity index (χ1) is 9.66. The van der Waals surface area contributed by atoms with Crippen LogP contribution in [0.3, 0.4) is 0 Å². The predicted molar refractivity (Wildman–Crippen MR) is 88.0 cm³/mol. The molecule has 2 nitrogen and oxygen atoms in total. The highest BCUT2D eigenvalue weighted by Gasteiger charge is 2.29. The summed E-state index contributed by atoms with van der Waals surface area (Å²) in [5, 5.41) is 0. The lowest BCUT2D eigenvalue weighted by molar-refractivity contribution is 0.541. The Labute approximate surface area is 128 Å². The Bertz CT molecular complexity index is 592. The molecule has 0 aromatic heterocycles. The molecule has 0 aliphatic carbocycles. The van der Waals surface area contributed by atoms with E-state index in [9.17, 15) is 0 Å². The molecule has 3 rings (SSSR count). The van der Waals surface area contributed by atoms with Crippen molar-refractivity contribution in [2.24, 2.45) is 5.73 Å². The quantitative estimate of drug-likeness (QED) is 0.924. The van der Waals surface area contributed by atoms with Gasteiger partial charge >= 0.3 is 0 Å². The van der Waals surface area contributed by atoms with Crippen LogP contribution in [0.5, 0.6) is 0 Å². The lowest BCUT2D eigenvalue weighted by Gasteiger charge is -2.33. The Balaban J connectivity index is 1.98. The van der Waals surface area contributed by atoms with E-state index in [2.05, 4.69) is 76.3 Å². The van der Waals surface area contributed by atoms with Gasteiger partial charge in [0.2, 0.25) is 0 Å². The molecule has 0 saturated heterocycles. The van der Waals surface area contributed by atoms with Crippen LogP contribution in [0.4, 0.5) is 5.69 Å². The highest BCUT2D eigenvalue weighted by Crippen LogP contribution is 2.36. The lowest BCUT2D eigenvalue weighted by atomic mass is 9.99. The zero-order valence-corrected chi connectivity index (χ0v) is 13.2. The highest BCUT2D eigenvalue weighted by molar-refractivity contribution is 9.10. The molecule has 20 heavy (non-hydrogen) atoms. The van der Waals surface area contributed by atoms with Crippen LogP contribution in [0.15, 0.2) is 53.0 Å². The Morgan fingerprint density at radius 3 is 2.50 bits per heavy atom. The van der Waals surface area contributed by atoms with E-state index in [4.69, 9.17) is 5.73 Å². The third-order valence-corrected chi connectivity index (χ3v) is 4.50. The van der Waals surface area contributed by atoms with E-state index >= 15 is 0 Å². The molecule has 0 spiro atoms. The molecule has 2 aromatic carbocycles. The molecule has 3 heteroatoms. The Hall–Kier alpha value is -1.32. The summed E-state index contributed by atoms with van der Waals surface area (Å²) < 4.78 is 1.10. The van der Waals surface area contributed by atoms with Crippen LogP contribution in [-0.2, 0) is 6.42 Å². The molecule has 0 saturated carbocycles. The third kappa shape index (κ3) is 2.48. The number of rotatable bonds is 3. The molecule has 2 unspecified atom stereocenters. The summed E-state index contributed by atoms with van der Waals surface area (Å²) >= 11 is 3.50. The van der Waals surface area contributed by atoms with E-state index in [1.54, 1.807) is 0 Å². The minimum atomic E-state index is 0.0855. The summed E-state index contributed by atoms with van der Waals surface area (Å²) in [6.07, 6.45) is 1.11. The van der Waals surface area contributed by atoms with Gasteiger partial charge in [-0.3, -0.25) is 0 Å². The van der Waals surface area contributed by atoms with Gasteiger partial charge in [-0.2, -0.15) is 0 Å². The van der Waals surface area contributed by atoms with Crippen molar-refractivity contribution in [3.8, 4) is 0 Å². The second kappa shape index (κ2) is 5.58. The molecular formula is C17H19BrN2. The van der Waals surface area contributed by atoms with Gasteiger partial charge in [-0.05, 0) is 42.7 Å². The summed E-state index contributed by atoms with van der Waals surface area (Å²) in [4.78, 5) is 2.45. The maximum Gasteiger partial charge on any atom is 0.0691 e. The molecule has 104 valence electrons. The van der Waals surface area contributed by atoms with Crippen molar-refractivity contribution >= 4 is 21.6 Å². The summed E-state index contributed by atoms with van der Waals surface area (Å²) in [6, 6.07) is 17.5. The zero-order valence-electron chi connectivity index (χ0n) is 11.6. The topological polar surface area (TPSA) is 29.3 Å². The molecule has 0 bridgehead atoms. The number of benzene rings is 2. The van der Waals surface area contributed by atoms with Gasteiger partial charge in [-0.25, -0.2) is 0 Å². The van der Waals surface area contributed by atoms with Crippen molar-refractivity contribution in [1.29, 1.82) is 0 Å². The zero-order chi connectivity index (χ0) is 14.1. The lowest BCUT2D eigenvalue weighted by Crippen LogP contribution is -2.38. The van der Waals surface area contributed by atoms with Gasteiger partial charge < -0.3 is 10.6 Å². The highest BCUT2D eigenvalue weighted by atomic mass is 79.9. The van der Waals surface area contributed by atoms with Gasteiger partial charge in [0.05, 0.1) is 6.04 Å². The molecule has 0 fully saturated rings. The van der Waals surface area contributed by atoms with Crippen LogP contribution in [0.2, 0.25) is 0 Å². The maximum absolute atomic E-state index is 6.29. The second-order valence-electron chi connectivity index (χ2n) is 5.43. The maximum atomic E-state index is 6.29. The summed E-state index contributed by atoms with van der Waals surface area (Å²) in [7, 11) is 0. The van der Waals surface area contributed by atoms with Gasteiger partial charge in [-0.15, -0.1) is 0 Å². The van der Waals surface area contributed by atoms with Crippen molar-refractivity contribution in [3.05, 3.63) is 64.1 Å². The van der Waals surface area contributed by atoms with Crippen molar-refractivity contribution in [2.45, 2.75) is 25.4 Å². The van der Waals surface area contributed by atoms with Gasteiger partial charge in [-0.1, -0.05) is 46.3 Å². The Morgan fingerprint density at radius 1 is 1.10 bits per heavy atom. The summed E-state index contributed by atoms with van der Waals surface area (Å²) in [5.41, 5.74) is 10.3. The smallest absolute Gasteiger partial charge is 0.0691 e. The van der Waals surface area contributed by atoms with Gasteiger partial charge in [0, 0.05) is 22.7 Å². The average molecular weight is 331 g/mol. The van der Waals surface area contributed by atoms with Gasteiger partial charge in [0.1, 0.15) is 0 Å². The van der Waals surface area contributed by atoms with E-state index in [1.807, 2.05) is 0 Å². The number of halogens is 1. The average Bonchev–Trinajstić information content (AvgIpc) is 2.85. The van der Waals surface area contributed by atoms with E-state index in [0.29, 0.717) is 0 Å². The monoisotopic (exact) mass is 330 g/mol. The van der Waals surface area contributed by atoms with E-state index in [1.165, 1.54) is 16.8 Å². The standard InChI is InChI=1S/C17H19BrN2/c1-12(19)17(14-6-8-15(18)9-7-14)20-11-10-13-4-2-3-5-16(13)20/h2-9,12,17H,10-11,19H2,1H3. The number of nitrogens with two attached hydrogens (primary N) is 1.